The molecule has 0 aliphatic rings. The van der Waals surface area contributed by atoms with Gasteiger partial charge in [-0.15, -0.1) is 0 Å². The lowest BCUT2D eigenvalue weighted by atomic mass is 10.0. The highest BCUT2D eigenvalue weighted by Gasteiger charge is 2.03. The van der Waals surface area contributed by atoms with E-state index < -0.39 is 11.9 Å². The quantitative estimate of drug-likeness (QED) is 0.780. The van der Waals surface area contributed by atoms with Crippen molar-refractivity contribution in [2.24, 2.45) is 5.73 Å². The van der Waals surface area contributed by atoms with Crippen LogP contribution in [0.15, 0.2) is 42.6 Å². The summed E-state index contributed by atoms with van der Waals surface area (Å²) in [6.07, 6.45) is 1.41. The molecule has 2 aromatic rings. The molecule has 3 nitrogen and oxygen atoms in total. The Labute approximate surface area is 91.7 Å². The van der Waals surface area contributed by atoms with Crippen LogP contribution in [0.3, 0.4) is 0 Å². The highest BCUT2D eigenvalue weighted by atomic mass is 19.1. The summed E-state index contributed by atoms with van der Waals surface area (Å²) in [7, 11) is 0. The van der Waals surface area contributed by atoms with Gasteiger partial charge < -0.3 is 5.73 Å². The van der Waals surface area contributed by atoms with Crippen LogP contribution in [-0.4, -0.2) is 10.9 Å². The summed E-state index contributed by atoms with van der Waals surface area (Å²) in [4.78, 5) is 14.5. The zero-order valence-corrected chi connectivity index (χ0v) is 8.35. The Bertz CT molecular complexity index is 523. The number of pyridine rings is 1. The van der Waals surface area contributed by atoms with E-state index in [9.17, 15) is 9.18 Å². The predicted octanol–water partition coefficient (Wildman–Crippen LogP) is 1.99. The van der Waals surface area contributed by atoms with Gasteiger partial charge in [-0.3, -0.25) is 4.79 Å². The third-order valence-electron chi connectivity index (χ3n) is 2.21. The molecule has 0 saturated carbocycles. The van der Waals surface area contributed by atoms with Crippen LogP contribution in [0.4, 0.5) is 4.39 Å². The molecule has 80 valence electrons. The second-order valence-corrected chi connectivity index (χ2v) is 3.31. The Kier molecular flexibility index (Phi) is 2.64. The third kappa shape index (κ3) is 2.06. The predicted molar refractivity (Wildman–Crippen MR) is 58.1 cm³/mol. The summed E-state index contributed by atoms with van der Waals surface area (Å²) >= 11 is 0. The second-order valence-electron chi connectivity index (χ2n) is 3.31. The van der Waals surface area contributed by atoms with Crippen molar-refractivity contribution in [3.63, 3.8) is 0 Å². The number of halogens is 1. The summed E-state index contributed by atoms with van der Waals surface area (Å²) in [6, 6.07) is 9.68. The van der Waals surface area contributed by atoms with Crippen LogP contribution in [-0.2, 0) is 0 Å². The Morgan fingerprint density at radius 3 is 2.62 bits per heavy atom. The van der Waals surface area contributed by atoms with Gasteiger partial charge in [-0.25, -0.2) is 4.98 Å². The fourth-order valence-corrected chi connectivity index (χ4v) is 1.40. The van der Waals surface area contributed by atoms with Gasteiger partial charge in [-0.2, -0.15) is 4.39 Å². The molecule has 0 spiro atoms. The monoisotopic (exact) mass is 216 g/mol. The molecule has 1 amide bonds. The lowest BCUT2D eigenvalue weighted by Gasteiger charge is -2.02. The van der Waals surface area contributed by atoms with E-state index in [4.69, 9.17) is 5.73 Å². The number of nitrogens with zero attached hydrogens (tertiary/aromatic N) is 1. The number of carbonyl (C=O) groups is 1. The molecule has 16 heavy (non-hydrogen) atoms. The third-order valence-corrected chi connectivity index (χ3v) is 2.21. The highest BCUT2D eigenvalue weighted by Crippen LogP contribution is 2.19. The van der Waals surface area contributed by atoms with Gasteiger partial charge in [-0.1, -0.05) is 12.1 Å². The van der Waals surface area contributed by atoms with Crippen LogP contribution in [0.5, 0.6) is 0 Å². The maximum atomic E-state index is 12.6. The van der Waals surface area contributed by atoms with Crippen molar-refractivity contribution >= 4 is 5.91 Å². The molecule has 4 heteroatoms. The van der Waals surface area contributed by atoms with Crippen LogP contribution >= 0.6 is 0 Å². The van der Waals surface area contributed by atoms with Gasteiger partial charge in [0, 0.05) is 17.3 Å². The van der Waals surface area contributed by atoms with E-state index >= 15 is 0 Å². The summed E-state index contributed by atoms with van der Waals surface area (Å²) in [5, 5.41) is 0. The highest BCUT2D eigenvalue weighted by molar-refractivity contribution is 5.94. The first-order valence-corrected chi connectivity index (χ1v) is 4.68. The molecule has 0 bridgehead atoms. The maximum absolute atomic E-state index is 12.6. The van der Waals surface area contributed by atoms with E-state index in [-0.39, 0.29) is 0 Å². The molecule has 0 saturated heterocycles. The van der Waals surface area contributed by atoms with Gasteiger partial charge in [0.2, 0.25) is 11.9 Å². The number of hydrogen-bond donors (Lipinski definition) is 1. The SMILES string of the molecule is NC(=O)c1cccc(-c2ccc(F)nc2)c1. The number of amides is 1. The molecule has 0 aliphatic carbocycles. The average molecular weight is 216 g/mol. The minimum Gasteiger partial charge on any atom is -0.366 e. The van der Waals surface area contributed by atoms with E-state index in [0.29, 0.717) is 5.56 Å². The van der Waals surface area contributed by atoms with Crippen LogP contribution in [0.2, 0.25) is 0 Å². The second kappa shape index (κ2) is 4.10. The summed E-state index contributed by atoms with van der Waals surface area (Å²) < 4.78 is 12.6. The number of nitrogens with two attached hydrogens (primary N) is 1. The molecule has 0 radical (unpaired) electrons. The first kappa shape index (κ1) is 10.3. The lowest BCUT2D eigenvalue weighted by Crippen LogP contribution is -2.10. The fraction of sp³-hybridized carbons (Fsp3) is 0. The van der Waals surface area contributed by atoms with E-state index in [2.05, 4.69) is 4.98 Å². The molecule has 1 aromatic heterocycles. The minimum absolute atomic E-state index is 0.418. The molecule has 0 atom stereocenters. The van der Waals surface area contributed by atoms with Crippen molar-refractivity contribution < 1.29 is 9.18 Å². The number of aromatic nitrogens is 1. The van der Waals surface area contributed by atoms with Gasteiger partial charge in [0.25, 0.3) is 0 Å². The zero-order chi connectivity index (χ0) is 11.5. The number of hydrogen-bond acceptors (Lipinski definition) is 2. The smallest absolute Gasteiger partial charge is 0.248 e. The van der Waals surface area contributed by atoms with Gasteiger partial charge in [0.05, 0.1) is 0 Å². The molecule has 0 aliphatic heterocycles. The van der Waals surface area contributed by atoms with E-state index in [1.165, 1.54) is 12.3 Å². The first-order valence-electron chi connectivity index (χ1n) is 4.68. The zero-order valence-electron chi connectivity index (χ0n) is 8.35. The molecule has 0 fully saturated rings. The summed E-state index contributed by atoms with van der Waals surface area (Å²) in [6.45, 7) is 0. The van der Waals surface area contributed by atoms with E-state index in [1.807, 2.05) is 0 Å². The molecule has 0 unspecified atom stereocenters. The van der Waals surface area contributed by atoms with Crippen molar-refractivity contribution in [1.82, 2.24) is 4.98 Å². The molecule has 1 aromatic carbocycles. The van der Waals surface area contributed by atoms with Gasteiger partial charge in [-0.05, 0) is 29.8 Å². The summed E-state index contributed by atoms with van der Waals surface area (Å²) in [5.74, 6) is -1.02. The Morgan fingerprint density at radius 1 is 1.19 bits per heavy atom. The average Bonchev–Trinajstić information content (AvgIpc) is 2.30. The number of primary amides is 1. The Hall–Kier alpha value is -2.23. The molecular formula is C12H9FN2O. The van der Waals surface area contributed by atoms with Gasteiger partial charge in [0.1, 0.15) is 0 Å². The van der Waals surface area contributed by atoms with Crippen LogP contribution in [0.25, 0.3) is 11.1 Å². The number of benzene rings is 1. The summed E-state index contributed by atoms with van der Waals surface area (Å²) in [5.41, 5.74) is 7.11. The van der Waals surface area contributed by atoms with E-state index in [0.717, 1.165) is 11.1 Å². The molecular weight excluding hydrogens is 207 g/mol. The lowest BCUT2D eigenvalue weighted by molar-refractivity contribution is 0.100. The minimum atomic E-state index is -0.533. The van der Waals surface area contributed by atoms with Gasteiger partial charge >= 0.3 is 0 Å². The van der Waals surface area contributed by atoms with Crippen molar-refractivity contribution in [1.29, 1.82) is 0 Å². The Balaban J connectivity index is 2.44. The maximum Gasteiger partial charge on any atom is 0.248 e. The largest absolute Gasteiger partial charge is 0.366 e. The fourth-order valence-electron chi connectivity index (χ4n) is 1.40. The van der Waals surface area contributed by atoms with E-state index in [1.54, 1.807) is 30.3 Å². The topological polar surface area (TPSA) is 56.0 Å². The molecule has 2 N–H and O–H groups in total. The number of rotatable bonds is 2. The standard InChI is InChI=1S/C12H9FN2O/c13-11-5-4-10(7-15-11)8-2-1-3-9(6-8)12(14)16/h1-7H,(H2,14,16). The van der Waals surface area contributed by atoms with Crippen molar-refractivity contribution in [3.8, 4) is 11.1 Å². The van der Waals surface area contributed by atoms with Crippen LogP contribution in [0, 0.1) is 5.95 Å². The number of carbonyl (C=O) groups excluding carboxylic acids is 1. The molecule has 1 heterocycles. The normalized spacial score (nSPS) is 10.1. The van der Waals surface area contributed by atoms with Crippen molar-refractivity contribution in [3.05, 3.63) is 54.1 Å². The molecule has 2 rings (SSSR count). The van der Waals surface area contributed by atoms with Crippen LogP contribution in [0.1, 0.15) is 10.4 Å². The van der Waals surface area contributed by atoms with Crippen molar-refractivity contribution in [2.45, 2.75) is 0 Å². The Morgan fingerprint density at radius 2 is 2.00 bits per heavy atom. The van der Waals surface area contributed by atoms with Crippen molar-refractivity contribution in [2.75, 3.05) is 0 Å². The van der Waals surface area contributed by atoms with Crippen LogP contribution < -0.4 is 5.73 Å². The first-order chi connectivity index (χ1) is 7.66. The van der Waals surface area contributed by atoms with Gasteiger partial charge in [0.15, 0.2) is 0 Å².